The Labute approximate surface area is 232 Å². The number of nitrogens with one attached hydrogen (secondary N) is 2. The molecule has 2 aliphatic carbocycles. The van der Waals surface area contributed by atoms with Gasteiger partial charge >= 0.3 is 0 Å². The third-order valence-electron chi connectivity index (χ3n) is 8.72. The van der Waals surface area contributed by atoms with Crippen molar-refractivity contribution in [2.24, 2.45) is 11.8 Å². The lowest BCUT2D eigenvalue weighted by Crippen LogP contribution is -2.59. The zero-order valence-electron chi connectivity index (χ0n) is 21.5. The quantitative estimate of drug-likeness (QED) is 0.430. The van der Waals surface area contributed by atoms with Crippen molar-refractivity contribution in [2.45, 2.75) is 62.5 Å². The summed E-state index contributed by atoms with van der Waals surface area (Å²) in [6.45, 7) is 0. The van der Waals surface area contributed by atoms with E-state index in [1.165, 1.54) is 12.5 Å². The molecule has 2 fully saturated rings. The summed E-state index contributed by atoms with van der Waals surface area (Å²) >= 11 is 6.32. The van der Waals surface area contributed by atoms with Crippen LogP contribution < -0.4 is 15.4 Å². The summed E-state index contributed by atoms with van der Waals surface area (Å²) in [5.41, 5.74) is 1.36. The van der Waals surface area contributed by atoms with Crippen molar-refractivity contribution in [1.29, 1.82) is 0 Å². The molecular formula is C32H30ClFN2O3. The summed E-state index contributed by atoms with van der Waals surface area (Å²) in [4.78, 5) is 27.7. The Morgan fingerprint density at radius 2 is 1.90 bits per heavy atom. The van der Waals surface area contributed by atoms with Gasteiger partial charge in [-0.15, -0.1) is 6.42 Å². The lowest BCUT2D eigenvalue weighted by atomic mass is 9.56. The van der Waals surface area contributed by atoms with Gasteiger partial charge in [0, 0.05) is 34.7 Å². The van der Waals surface area contributed by atoms with Crippen molar-refractivity contribution in [3.05, 3.63) is 82.2 Å². The minimum atomic E-state index is -1.24. The fourth-order valence-corrected chi connectivity index (χ4v) is 7.15. The van der Waals surface area contributed by atoms with Crippen LogP contribution in [0.3, 0.4) is 0 Å². The topological polar surface area (TPSA) is 67.4 Å². The van der Waals surface area contributed by atoms with Crippen molar-refractivity contribution in [2.75, 3.05) is 5.32 Å². The summed E-state index contributed by atoms with van der Waals surface area (Å²) in [5, 5.41) is 6.67. The largest absolute Gasteiger partial charge is 0.490 e. The maximum absolute atomic E-state index is 14.6. The standard InChI is InChI=1S/C32H30ClFN2O3/c1-2-19-11-14-28(39-23-9-4-3-5-10-23)24(15-19)30-32(25-13-12-21(33)17-27(25)35-31(32)38)26(18-29(37)36-30)20-7-6-8-22(34)16-20/h1,6-8,11-15,17,20,23,26,30H,3-5,9-10,16,18H2,(H,35,38)(H,36,37)/t20?,26-,30+,32-/m0/s1. The van der Waals surface area contributed by atoms with Crippen LogP contribution in [0.4, 0.5) is 10.1 Å². The van der Waals surface area contributed by atoms with E-state index in [-0.39, 0.29) is 42.5 Å². The number of rotatable bonds is 4. The monoisotopic (exact) mass is 544 g/mol. The van der Waals surface area contributed by atoms with Gasteiger partial charge < -0.3 is 15.4 Å². The molecule has 7 heteroatoms. The molecule has 4 aliphatic rings. The molecule has 1 saturated heterocycles. The second kappa shape index (κ2) is 10.2. The molecule has 4 atom stereocenters. The van der Waals surface area contributed by atoms with Gasteiger partial charge in [0.15, 0.2) is 0 Å². The van der Waals surface area contributed by atoms with E-state index in [1.54, 1.807) is 18.2 Å². The number of fused-ring (bicyclic) bond motifs is 2. The smallest absolute Gasteiger partial charge is 0.237 e. The predicted molar refractivity (Wildman–Crippen MR) is 149 cm³/mol. The third-order valence-corrected chi connectivity index (χ3v) is 8.95. The molecule has 2 N–H and O–H groups in total. The van der Waals surface area contributed by atoms with Gasteiger partial charge in [-0.1, -0.05) is 42.2 Å². The molecule has 2 aliphatic heterocycles. The lowest BCUT2D eigenvalue weighted by molar-refractivity contribution is -0.135. The van der Waals surface area contributed by atoms with Crippen molar-refractivity contribution in [3.8, 4) is 18.1 Å². The number of amides is 2. The number of hydrogen-bond acceptors (Lipinski definition) is 3. The van der Waals surface area contributed by atoms with Crippen LogP contribution in [-0.2, 0) is 15.0 Å². The van der Waals surface area contributed by atoms with Crippen LogP contribution in [0, 0.1) is 24.2 Å². The Morgan fingerprint density at radius 1 is 1.08 bits per heavy atom. The molecule has 0 aromatic heterocycles. The second-order valence-corrected chi connectivity index (χ2v) is 11.4. The second-order valence-electron chi connectivity index (χ2n) is 11.0. The molecular weight excluding hydrogens is 515 g/mol. The maximum atomic E-state index is 14.6. The maximum Gasteiger partial charge on any atom is 0.237 e. The first-order chi connectivity index (χ1) is 18.9. The minimum absolute atomic E-state index is 0.0456. The summed E-state index contributed by atoms with van der Waals surface area (Å²) in [7, 11) is 0. The molecule has 2 amide bonds. The first-order valence-corrected chi connectivity index (χ1v) is 14.0. The minimum Gasteiger partial charge on any atom is -0.490 e. The van der Waals surface area contributed by atoms with E-state index < -0.39 is 17.4 Å². The molecule has 2 heterocycles. The Hall–Kier alpha value is -3.56. The SMILES string of the molecule is C#Cc1ccc(OC2CCCCC2)c([C@H]2NC(=O)C[C@@H](C3C=CC=C(F)C3)[C@]23C(=O)Nc2cc(Cl)ccc23)c1. The van der Waals surface area contributed by atoms with E-state index in [4.69, 9.17) is 22.8 Å². The number of piperidine rings is 1. The number of terminal acetylenes is 1. The summed E-state index contributed by atoms with van der Waals surface area (Å²) in [5.74, 6) is 1.67. The van der Waals surface area contributed by atoms with Gasteiger partial charge in [0.1, 0.15) is 17.0 Å². The molecule has 5 nitrogen and oxygen atoms in total. The van der Waals surface area contributed by atoms with Crippen LogP contribution in [0.1, 0.15) is 67.7 Å². The van der Waals surface area contributed by atoms with Crippen molar-refractivity contribution in [3.63, 3.8) is 0 Å². The normalized spacial score (nSPS) is 28.3. The zero-order chi connectivity index (χ0) is 27.1. The fourth-order valence-electron chi connectivity index (χ4n) is 6.98. The highest BCUT2D eigenvalue weighted by Crippen LogP contribution is 2.58. The molecule has 1 saturated carbocycles. The van der Waals surface area contributed by atoms with Crippen LogP contribution >= 0.6 is 11.6 Å². The van der Waals surface area contributed by atoms with E-state index in [0.717, 1.165) is 31.2 Å². The van der Waals surface area contributed by atoms with Gasteiger partial charge in [-0.3, -0.25) is 9.59 Å². The number of carbonyl (C=O) groups excluding carboxylic acids is 2. The van der Waals surface area contributed by atoms with Crippen LogP contribution in [0.15, 0.2) is 60.5 Å². The molecule has 0 bridgehead atoms. The third kappa shape index (κ3) is 4.43. The van der Waals surface area contributed by atoms with Crippen LogP contribution in [0.2, 0.25) is 5.02 Å². The summed E-state index contributed by atoms with van der Waals surface area (Å²) in [6.07, 6.45) is 16.3. The van der Waals surface area contributed by atoms with E-state index in [0.29, 0.717) is 27.6 Å². The van der Waals surface area contributed by atoms with E-state index in [9.17, 15) is 14.0 Å². The van der Waals surface area contributed by atoms with E-state index >= 15 is 0 Å². The van der Waals surface area contributed by atoms with Crippen molar-refractivity contribution < 1.29 is 18.7 Å². The fraction of sp³-hybridized carbons (Fsp3) is 0.375. The Kier molecular flexibility index (Phi) is 6.72. The average molecular weight is 545 g/mol. The number of anilines is 1. The number of benzene rings is 2. The Morgan fingerprint density at radius 3 is 2.67 bits per heavy atom. The van der Waals surface area contributed by atoms with Gasteiger partial charge in [-0.25, -0.2) is 4.39 Å². The van der Waals surface area contributed by atoms with Crippen LogP contribution in [0.25, 0.3) is 0 Å². The highest BCUT2D eigenvalue weighted by atomic mass is 35.5. The lowest BCUT2D eigenvalue weighted by Gasteiger charge is -2.49. The number of ether oxygens (including phenoxy) is 1. The van der Waals surface area contributed by atoms with Crippen LogP contribution in [-0.4, -0.2) is 17.9 Å². The van der Waals surface area contributed by atoms with Crippen molar-refractivity contribution >= 4 is 29.1 Å². The molecule has 0 radical (unpaired) electrons. The highest BCUT2D eigenvalue weighted by molar-refractivity contribution is 6.31. The number of allylic oxidation sites excluding steroid dienone is 4. The molecule has 2 aromatic carbocycles. The summed E-state index contributed by atoms with van der Waals surface area (Å²) in [6, 6.07) is 10.0. The van der Waals surface area contributed by atoms with E-state index in [1.807, 2.05) is 30.3 Å². The van der Waals surface area contributed by atoms with Gasteiger partial charge in [-0.05, 0) is 79.5 Å². The van der Waals surface area contributed by atoms with Gasteiger partial charge in [0.2, 0.25) is 11.8 Å². The summed E-state index contributed by atoms with van der Waals surface area (Å²) < 4.78 is 21.2. The van der Waals surface area contributed by atoms with Gasteiger partial charge in [0.25, 0.3) is 0 Å². The first kappa shape index (κ1) is 25.7. The molecule has 39 heavy (non-hydrogen) atoms. The van der Waals surface area contributed by atoms with Gasteiger partial charge in [0.05, 0.1) is 12.1 Å². The van der Waals surface area contributed by atoms with E-state index in [2.05, 4.69) is 16.6 Å². The highest BCUT2D eigenvalue weighted by Gasteiger charge is 2.62. The molecule has 1 unspecified atom stereocenters. The number of halogens is 2. The zero-order valence-corrected chi connectivity index (χ0v) is 22.3. The first-order valence-electron chi connectivity index (χ1n) is 13.6. The Balaban J connectivity index is 1.55. The average Bonchev–Trinajstić information content (AvgIpc) is 3.21. The van der Waals surface area contributed by atoms with Gasteiger partial charge in [-0.2, -0.15) is 0 Å². The van der Waals surface area contributed by atoms with Crippen molar-refractivity contribution in [1.82, 2.24) is 5.32 Å². The predicted octanol–water partition coefficient (Wildman–Crippen LogP) is 6.53. The molecule has 200 valence electrons. The molecule has 2 aromatic rings. The Bertz CT molecular complexity index is 1440. The number of carbonyl (C=O) groups is 2. The molecule has 6 rings (SSSR count). The van der Waals surface area contributed by atoms with Crippen LogP contribution in [0.5, 0.6) is 5.75 Å². The molecule has 1 spiro atoms. The number of hydrogen-bond donors (Lipinski definition) is 2.